The van der Waals surface area contributed by atoms with Crippen LogP contribution in [-0.2, 0) is 34.3 Å². The van der Waals surface area contributed by atoms with Gasteiger partial charge in [0.25, 0.3) is 0 Å². The molecule has 3 rings (SSSR count). The third-order valence-electron chi connectivity index (χ3n) is 4.08. The number of aryl methyl sites for hydroxylation is 4. The molecule has 0 atom stereocenters. The van der Waals surface area contributed by atoms with Gasteiger partial charge in [0.2, 0.25) is 5.88 Å². The Hall–Kier alpha value is -1.89. The first-order valence-corrected chi connectivity index (χ1v) is 9.47. The van der Waals surface area contributed by atoms with E-state index in [1.54, 1.807) is 0 Å². The molecule has 0 spiro atoms. The third kappa shape index (κ3) is 3.39. The Morgan fingerprint density at radius 2 is 2.04 bits per heavy atom. The first-order valence-electron chi connectivity index (χ1n) is 7.65. The molecule has 124 valence electrons. The van der Waals surface area contributed by atoms with E-state index in [1.165, 1.54) is 7.11 Å². The van der Waals surface area contributed by atoms with Gasteiger partial charge in [-0.15, -0.1) is 0 Å². The Balaban J connectivity index is 1.83. The molecule has 0 amide bonds. The van der Waals surface area contributed by atoms with Gasteiger partial charge in [-0.3, -0.25) is 4.68 Å². The van der Waals surface area contributed by atoms with E-state index in [2.05, 4.69) is 10.1 Å². The van der Waals surface area contributed by atoms with Crippen LogP contribution in [0.3, 0.4) is 0 Å². The highest BCUT2D eigenvalue weighted by Crippen LogP contribution is 2.25. The zero-order chi connectivity index (χ0) is 16.6. The smallest absolute Gasteiger partial charge is 0.217 e. The zero-order valence-corrected chi connectivity index (χ0v) is 14.5. The van der Waals surface area contributed by atoms with Crippen molar-refractivity contribution in [3.05, 3.63) is 40.3 Å². The van der Waals surface area contributed by atoms with Crippen LogP contribution in [-0.4, -0.2) is 30.3 Å². The molecule has 2 aromatic heterocycles. The summed E-state index contributed by atoms with van der Waals surface area (Å²) in [7, 11) is -1.83. The quantitative estimate of drug-likeness (QED) is 0.835. The van der Waals surface area contributed by atoms with Crippen LogP contribution in [0.2, 0.25) is 0 Å². The van der Waals surface area contributed by atoms with Crippen molar-refractivity contribution in [1.29, 1.82) is 0 Å². The number of ether oxygens (including phenoxy) is 1. The number of rotatable bonds is 5. The molecule has 0 saturated carbocycles. The van der Waals surface area contributed by atoms with Crippen molar-refractivity contribution in [2.24, 2.45) is 0 Å². The van der Waals surface area contributed by atoms with Crippen LogP contribution in [0.5, 0.6) is 5.88 Å². The van der Waals surface area contributed by atoms with Crippen LogP contribution >= 0.6 is 0 Å². The van der Waals surface area contributed by atoms with Gasteiger partial charge in [-0.2, -0.15) is 5.10 Å². The number of hydrogen-bond donors (Lipinski definition) is 0. The Bertz CT molecular complexity index is 819. The number of nitrogens with zero attached hydrogens (tertiary/aromatic N) is 3. The van der Waals surface area contributed by atoms with E-state index in [9.17, 15) is 8.42 Å². The number of methoxy groups -OCH3 is 1. The van der Waals surface area contributed by atoms with Crippen LogP contribution in [0.1, 0.15) is 34.6 Å². The Morgan fingerprint density at radius 1 is 1.26 bits per heavy atom. The maximum absolute atomic E-state index is 12.6. The van der Waals surface area contributed by atoms with E-state index < -0.39 is 9.84 Å². The standard InChI is InChI=1S/C16H21N3O3S/c1-11-7-12(2)17-16(22-3)15(11)10-23(20,21)9-13-8-14-5-4-6-19(14)18-13/h7-8H,4-6,9-10H2,1-3H3. The molecule has 1 aliphatic rings. The molecule has 3 heterocycles. The second kappa shape index (κ2) is 5.96. The molecule has 0 bridgehead atoms. The van der Waals surface area contributed by atoms with Gasteiger partial charge in [-0.25, -0.2) is 13.4 Å². The van der Waals surface area contributed by atoms with Gasteiger partial charge < -0.3 is 4.74 Å². The highest BCUT2D eigenvalue weighted by molar-refractivity contribution is 7.89. The second-order valence-corrected chi connectivity index (χ2v) is 8.12. The lowest BCUT2D eigenvalue weighted by Crippen LogP contribution is -2.11. The maximum atomic E-state index is 12.6. The summed E-state index contributed by atoms with van der Waals surface area (Å²) in [6.07, 6.45) is 2.06. The largest absolute Gasteiger partial charge is 0.481 e. The SMILES string of the molecule is COc1nc(C)cc(C)c1CS(=O)(=O)Cc1cc2n(n1)CCC2. The summed E-state index contributed by atoms with van der Waals surface area (Å²) in [6, 6.07) is 3.78. The van der Waals surface area contributed by atoms with E-state index in [-0.39, 0.29) is 11.5 Å². The minimum absolute atomic E-state index is 0.0521. The first kappa shape index (κ1) is 16.0. The summed E-state index contributed by atoms with van der Waals surface area (Å²) in [4.78, 5) is 4.28. The lowest BCUT2D eigenvalue weighted by Gasteiger charge is -2.12. The minimum Gasteiger partial charge on any atom is -0.481 e. The number of pyridine rings is 1. The summed E-state index contributed by atoms with van der Waals surface area (Å²) < 4.78 is 32.3. The van der Waals surface area contributed by atoms with Crippen LogP contribution in [0.4, 0.5) is 0 Å². The van der Waals surface area contributed by atoms with E-state index >= 15 is 0 Å². The van der Waals surface area contributed by atoms with Crippen molar-refractivity contribution in [1.82, 2.24) is 14.8 Å². The monoisotopic (exact) mass is 335 g/mol. The van der Waals surface area contributed by atoms with Crippen molar-refractivity contribution in [2.75, 3.05) is 7.11 Å². The van der Waals surface area contributed by atoms with E-state index in [0.29, 0.717) is 17.1 Å². The van der Waals surface area contributed by atoms with Gasteiger partial charge >= 0.3 is 0 Å². The fraction of sp³-hybridized carbons (Fsp3) is 0.500. The number of fused-ring (bicyclic) bond motifs is 1. The predicted octanol–water partition coefficient (Wildman–Crippen LogP) is 1.96. The molecular formula is C16H21N3O3S. The van der Waals surface area contributed by atoms with Gasteiger partial charge in [-0.1, -0.05) is 0 Å². The summed E-state index contributed by atoms with van der Waals surface area (Å²) in [5.41, 5.74) is 4.07. The van der Waals surface area contributed by atoms with Gasteiger partial charge in [0, 0.05) is 23.5 Å². The van der Waals surface area contributed by atoms with Gasteiger partial charge in [-0.05, 0) is 44.4 Å². The lowest BCUT2D eigenvalue weighted by molar-refractivity contribution is 0.392. The first-order chi connectivity index (χ1) is 10.9. The third-order valence-corrected chi connectivity index (χ3v) is 5.54. The fourth-order valence-electron chi connectivity index (χ4n) is 3.06. The van der Waals surface area contributed by atoms with Crippen LogP contribution in [0.15, 0.2) is 12.1 Å². The second-order valence-electron chi connectivity index (χ2n) is 6.05. The van der Waals surface area contributed by atoms with Crippen LogP contribution < -0.4 is 4.74 Å². The number of aromatic nitrogens is 3. The summed E-state index contributed by atoms with van der Waals surface area (Å²) in [5, 5.41) is 4.39. The zero-order valence-electron chi connectivity index (χ0n) is 13.7. The molecule has 6 nitrogen and oxygen atoms in total. The van der Waals surface area contributed by atoms with Crippen LogP contribution in [0.25, 0.3) is 0 Å². The lowest BCUT2D eigenvalue weighted by atomic mass is 10.1. The van der Waals surface area contributed by atoms with Gasteiger partial charge in [0.05, 0.1) is 24.3 Å². The van der Waals surface area contributed by atoms with Gasteiger partial charge in [0.1, 0.15) is 0 Å². The van der Waals surface area contributed by atoms with Gasteiger partial charge in [0.15, 0.2) is 9.84 Å². The number of sulfone groups is 1. The van der Waals surface area contributed by atoms with Crippen molar-refractivity contribution in [2.45, 2.75) is 44.7 Å². The van der Waals surface area contributed by atoms with Crippen molar-refractivity contribution in [3.63, 3.8) is 0 Å². The molecule has 0 N–H and O–H groups in total. The highest BCUT2D eigenvalue weighted by Gasteiger charge is 2.22. The average Bonchev–Trinajstić information content (AvgIpc) is 3.01. The van der Waals surface area contributed by atoms with E-state index in [1.807, 2.05) is 30.7 Å². The number of hydrogen-bond acceptors (Lipinski definition) is 5. The summed E-state index contributed by atoms with van der Waals surface area (Å²) >= 11 is 0. The van der Waals surface area contributed by atoms with Crippen molar-refractivity contribution < 1.29 is 13.2 Å². The molecule has 0 aliphatic carbocycles. The molecule has 0 saturated heterocycles. The fourth-order valence-corrected chi connectivity index (χ4v) is 4.54. The summed E-state index contributed by atoms with van der Waals surface area (Å²) in [6.45, 7) is 4.62. The Labute approximate surface area is 136 Å². The normalized spacial score (nSPS) is 14.0. The molecule has 2 aromatic rings. The topological polar surface area (TPSA) is 74.1 Å². The van der Waals surface area contributed by atoms with Crippen molar-refractivity contribution >= 4 is 9.84 Å². The molecule has 7 heteroatoms. The molecular weight excluding hydrogens is 314 g/mol. The minimum atomic E-state index is -3.34. The Kier molecular flexibility index (Phi) is 4.14. The Morgan fingerprint density at radius 3 is 2.74 bits per heavy atom. The van der Waals surface area contributed by atoms with E-state index in [4.69, 9.17) is 4.74 Å². The molecule has 0 fully saturated rings. The average molecular weight is 335 g/mol. The summed E-state index contributed by atoms with van der Waals surface area (Å²) in [5.74, 6) is 0.249. The molecule has 1 aliphatic heterocycles. The molecule has 0 radical (unpaired) electrons. The molecule has 0 aromatic carbocycles. The highest BCUT2D eigenvalue weighted by atomic mass is 32.2. The predicted molar refractivity (Wildman–Crippen MR) is 87.1 cm³/mol. The molecule has 23 heavy (non-hydrogen) atoms. The maximum Gasteiger partial charge on any atom is 0.217 e. The van der Waals surface area contributed by atoms with Crippen molar-refractivity contribution in [3.8, 4) is 5.88 Å². The van der Waals surface area contributed by atoms with E-state index in [0.717, 1.165) is 36.3 Å². The van der Waals surface area contributed by atoms with Crippen LogP contribution in [0, 0.1) is 13.8 Å². The molecule has 0 unspecified atom stereocenters.